The highest BCUT2D eigenvalue weighted by molar-refractivity contribution is 6.35. The molecule has 2 fully saturated rings. The van der Waals surface area contributed by atoms with Crippen LogP contribution in [0.2, 0.25) is 10.0 Å². The topological polar surface area (TPSA) is 131 Å². The number of carboxylic acid groups (broad SMARTS) is 1. The first kappa shape index (κ1) is 40.0. The smallest absolute Gasteiger partial charge is 0.475 e. The summed E-state index contributed by atoms with van der Waals surface area (Å²) >= 11 is 12.5. The summed E-state index contributed by atoms with van der Waals surface area (Å²) in [6.07, 6.45) is -1.21. The first-order valence-corrected chi connectivity index (χ1v) is 16.7. The van der Waals surface area contributed by atoms with Gasteiger partial charge in [0.1, 0.15) is 11.9 Å². The summed E-state index contributed by atoms with van der Waals surface area (Å²) in [4.78, 5) is 53.2. The summed E-state index contributed by atoms with van der Waals surface area (Å²) in [5, 5.41) is 17.1. The third-order valence-corrected chi connectivity index (χ3v) is 9.01. The molecule has 2 aromatic rings. The van der Waals surface area contributed by atoms with Gasteiger partial charge in [0, 0.05) is 49.2 Å². The molecule has 0 aromatic heterocycles. The Morgan fingerprint density at radius 1 is 1.06 bits per heavy atom. The molecule has 270 valence electrons. The average molecular weight is 735 g/mol. The minimum absolute atomic E-state index is 0.124. The summed E-state index contributed by atoms with van der Waals surface area (Å²) in [6, 6.07) is 9.54. The lowest BCUT2D eigenvalue weighted by atomic mass is 9.98. The molecule has 16 heteroatoms. The van der Waals surface area contributed by atoms with Gasteiger partial charge in [0.15, 0.2) is 0 Å². The van der Waals surface area contributed by atoms with Crippen LogP contribution in [0.1, 0.15) is 43.7 Å². The number of carboxylic acids is 1. The second-order valence-corrected chi connectivity index (χ2v) is 12.7. The average Bonchev–Trinajstić information content (AvgIpc) is 3.60. The molecule has 2 aromatic carbocycles. The molecule has 4 atom stereocenters. The molecule has 3 amide bonds. The van der Waals surface area contributed by atoms with Crippen LogP contribution in [0, 0.1) is 5.82 Å². The van der Waals surface area contributed by atoms with E-state index >= 15 is 0 Å². The maximum Gasteiger partial charge on any atom is 0.490 e. The maximum absolute atomic E-state index is 14.1. The molecule has 0 spiro atoms. The Morgan fingerprint density at radius 3 is 2.29 bits per heavy atom. The van der Waals surface area contributed by atoms with Crippen molar-refractivity contribution in [2.45, 2.75) is 75.8 Å². The molecule has 4 N–H and O–H groups in total. The van der Waals surface area contributed by atoms with Crippen LogP contribution in [-0.2, 0) is 32.0 Å². The largest absolute Gasteiger partial charge is 0.490 e. The molecule has 2 heterocycles. The van der Waals surface area contributed by atoms with E-state index in [4.69, 9.17) is 33.1 Å². The molecule has 0 bridgehead atoms. The molecule has 10 nitrogen and oxygen atoms in total. The predicted octanol–water partition coefficient (Wildman–Crippen LogP) is 4.22. The number of piperazine rings is 1. The van der Waals surface area contributed by atoms with E-state index in [2.05, 4.69) is 27.8 Å². The lowest BCUT2D eigenvalue weighted by Crippen LogP contribution is -2.63. The van der Waals surface area contributed by atoms with Gasteiger partial charge >= 0.3 is 12.1 Å². The van der Waals surface area contributed by atoms with E-state index in [1.54, 1.807) is 31.3 Å². The van der Waals surface area contributed by atoms with Crippen LogP contribution in [0.5, 0.6) is 0 Å². The van der Waals surface area contributed by atoms with Crippen molar-refractivity contribution in [2.75, 3.05) is 33.2 Å². The van der Waals surface area contributed by atoms with E-state index in [9.17, 15) is 31.9 Å². The highest BCUT2D eigenvalue weighted by Crippen LogP contribution is 2.26. The Bertz CT molecular complexity index is 1440. The lowest BCUT2D eigenvalue weighted by molar-refractivity contribution is -0.192. The van der Waals surface area contributed by atoms with Crippen molar-refractivity contribution in [3.63, 3.8) is 0 Å². The van der Waals surface area contributed by atoms with Crippen LogP contribution in [0.3, 0.4) is 0 Å². The van der Waals surface area contributed by atoms with Gasteiger partial charge in [-0.1, -0.05) is 54.7 Å². The van der Waals surface area contributed by atoms with Gasteiger partial charge < -0.3 is 26.0 Å². The Balaban J connectivity index is 0.000000838. The number of rotatable bonds is 11. The van der Waals surface area contributed by atoms with Gasteiger partial charge in [-0.2, -0.15) is 13.2 Å². The summed E-state index contributed by atoms with van der Waals surface area (Å²) in [5.41, 5.74) is 1.59. The van der Waals surface area contributed by atoms with E-state index < -0.39 is 24.2 Å². The SMILES string of the molecule is CCCC1CN(C(Cc2ccc(Cl)cc2Cl)C(=O)NC)CCN1C(=O)C(Cc1ccc(F)cc1)NC(=O)C1CCCN1.O=C(O)C(F)(F)F. The van der Waals surface area contributed by atoms with Gasteiger partial charge in [-0.15, -0.1) is 0 Å². The zero-order valence-corrected chi connectivity index (χ0v) is 28.7. The lowest BCUT2D eigenvalue weighted by Gasteiger charge is -2.45. The number of hydrogen-bond donors (Lipinski definition) is 4. The Kier molecular flexibility index (Phi) is 15.1. The Hall–Kier alpha value is -3.46. The number of hydrogen-bond acceptors (Lipinski definition) is 6. The van der Waals surface area contributed by atoms with Crippen molar-refractivity contribution in [3.05, 3.63) is 69.5 Å². The number of carbonyl (C=O) groups excluding carboxylic acids is 3. The number of amides is 3. The van der Waals surface area contributed by atoms with Gasteiger partial charge in [-0.25, -0.2) is 9.18 Å². The molecule has 4 unspecified atom stereocenters. The highest BCUT2D eigenvalue weighted by atomic mass is 35.5. The minimum atomic E-state index is -5.08. The zero-order valence-electron chi connectivity index (χ0n) is 27.2. The van der Waals surface area contributed by atoms with Crippen molar-refractivity contribution in [2.24, 2.45) is 0 Å². The fourth-order valence-electron chi connectivity index (χ4n) is 5.92. The number of alkyl halides is 3. The summed E-state index contributed by atoms with van der Waals surface area (Å²) in [5.74, 6) is -3.60. The zero-order chi connectivity index (χ0) is 36.3. The van der Waals surface area contributed by atoms with Crippen molar-refractivity contribution in [1.82, 2.24) is 25.8 Å². The van der Waals surface area contributed by atoms with Crippen molar-refractivity contribution < 1.29 is 41.8 Å². The van der Waals surface area contributed by atoms with Gasteiger partial charge in [0.25, 0.3) is 0 Å². The molecule has 0 aliphatic carbocycles. The van der Waals surface area contributed by atoms with Crippen LogP contribution < -0.4 is 16.0 Å². The van der Waals surface area contributed by atoms with Crippen LogP contribution >= 0.6 is 23.2 Å². The molecular formula is C33H41Cl2F4N5O5. The predicted molar refractivity (Wildman–Crippen MR) is 177 cm³/mol. The van der Waals surface area contributed by atoms with Gasteiger partial charge in [0.05, 0.1) is 12.1 Å². The second-order valence-electron chi connectivity index (χ2n) is 11.9. The van der Waals surface area contributed by atoms with Crippen LogP contribution in [0.15, 0.2) is 42.5 Å². The first-order valence-electron chi connectivity index (χ1n) is 15.9. The number of benzene rings is 2. The minimum Gasteiger partial charge on any atom is -0.475 e. The van der Waals surface area contributed by atoms with E-state index in [1.165, 1.54) is 12.1 Å². The number of aliphatic carboxylic acids is 1. The summed E-state index contributed by atoms with van der Waals surface area (Å²) in [6.45, 7) is 4.22. The standard InChI is InChI=1S/C31H40Cl2FN5O3.C2HF3O2/c1-3-5-24-19-38(28(30(41)35-2)17-21-9-10-22(32)18-25(21)33)14-15-39(24)31(42)27(16-20-7-11-23(34)12-8-20)37-29(40)26-6-4-13-36-26;3-2(4,5)1(6)7/h7-12,18,24,26-28,36H,3-6,13-17,19H2,1-2H3,(H,35,41)(H,37,40);(H,6,7). The number of likely N-dealkylation sites (N-methyl/N-ethyl adjacent to an activating group) is 1. The van der Waals surface area contributed by atoms with E-state index in [1.807, 2.05) is 11.0 Å². The molecule has 4 rings (SSSR count). The number of nitrogens with one attached hydrogen (secondary N) is 3. The second kappa shape index (κ2) is 18.5. The van der Waals surface area contributed by atoms with Crippen LogP contribution in [0.25, 0.3) is 0 Å². The molecule has 2 saturated heterocycles. The van der Waals surface area contributed by atoms with Crippen molar-refractivity contribution >= 4 is 46.9 Å². The van der Waals surface area contributed by atoms with Crippen LogP contribution in [0.4, 0.5) is 17.6 Å². The molecule has 0 saturated carbocycles. The van der Waals surface area contributed by atoms with Gasteiger partial charge in [-0.3, -0.25) is 19.3 Å². The third-order valence-electron chi connectivity index (χ3n) is 8.42. The molecule has 2 aliphatic heterocycles. The molecule has 2 aliphatic rings. The molecule has 49 heavy (non-hydrogen) atoms. The van der Waals surface area contributed by atoms with Crippen LogP contribution in [-0.4, -0.2) is 102 Å². The Labute approximate surface area is 292 Å². The Morgan fingerprint density at radius 2 is 1.73 bits per heavy atom. The van der Waals surface area contributed by atoms with Crippen molar-refractivity contribution in [1.29, 1.82) is 0 Å². The monoisotopic (exact) mass is 733 g/mol. The number of halogens is 6. The quantitative estimate of drug-likeness (QED) is 0.255. The fraction of sp³-hybridized carbons (Fsp3) is 0.515. The highest BCUT2D eigenvalue weighted by Gasteiger charge is 2.39. The van der Waals surface area contributed by atoms with E-state index in [0.717, 1.165) is 43.4 Å². The first-order chi connectivity index (χ1) is 23.1. The molecular weight excluding hydrogens is 693 g/mol. The summed E-state index contributed by atoms with van der Waals surface area (Å²) < 4.78 is 45.3. The van der Waals surface area contributed by atoms with Crippen molar-refractivity contribution in [3.8, 4) is 0 Å². The maximum atomic E-state index is 14.1. The number of nitrogens with zero attached hydrogens (tertiary/aromatic N) is 2. The van der Waals surface area contributed by atoms with Gasteiger partial charge in [-0.05, 0) is 67.6 Å². The third kappa shape index (κ3) is 11.8. The summed E-state index contributed by atoms with van der Waals surface area (Å²) in [7, 11) is 1.62. The molecule has 0 radical (unpaired) electrons. The van der Waals surface area contributed by atoms with E-state index in [-0.39, 0.29) is 42.0 Å². The normalized spacial score (nSPS) is 19.3. The van der Waals surface area contributed by atoms with E-state index in [0.29, 0.717) is 36.1 Å². The van der Waals surface area contributed by atoms with Gasteiger partial charge in [0.2, 0.25) is 17.7 Å². The number of carbonyl (C=O) groups is 4. The fourth-order valence-corrected chi connectivity index (χ4v) is 6.41.